The van der Waals surface area contributed by atoms with E-state index in [1.165, 1.54) is 12.8 Å². The molecule has 2 heterocycles. The third-order valence-corrected chi connectivity index (χ3v) is 2.51. The number of allylic oxidation sites excluding steroid dienone is 1. The van der Waals surface area contributed by atoms with Gasteiger partial charge in [-0.3, -0.25) is 0 Å². The van der Waals surface area contributed by atoms with Gasteiger partial charge in [0.25, 0.3) is 0 Å². The molecule has 0 spiro atoms. The Morgan fingerprint density at radius 1 is 1.43 bits per heavy atom. The summed E-state index contributed by atoms with van der Waals surface area (Å²) in [5, 5.41) is 0. The summed E-state index contributed by atoms with van der Waals surface area (Å²) in [5.41, 5.74) is 0.785. The number of cyclic esters (lactones) is 1. The van der Waals surface area contributed by atoms with Gasteiger partial charge >= 0.3 is 5.97 Å². The molecule has 0 aromatic carbocycles. The first-order valence-electron chi connectivity index (χ1n) is 5.22. The molecule has 0 saturated carbocycles. The summed E-state index contributed by atoms with van der Waals surface area (Å²) < 4.78 is 9.72. The molecule has 1 unspecified atom stereocenters. The molecule has 0 bridgehead atoms. The minimum absolute atomic E-state index is 0.165. The van der Waals surface area contributed by atoms with Crippen molar-refractivity contribution in [3.8, 4) is 0 Å². The number of carbonyl (C=O) groups excluding carboxylic acids is 1. The topological polar surface area (TPSA) is 35.5 Å². The van der Waals surface area contributed by atoms with Gasteiger partial charge in [-0.15, -0.1) is 0 Å². The van der Waals surface area contributed by atoms with Crippen molar-refractivity contribution in [3.63, 3.8) is 0 Å². The molecule has 0 radical (unpaired) electrons. The number of rotatable bonds is 2. The van der Waals surface area contributed by atoms with Crippen LogP contribution in [0.5, 0.6) is 0 Å². The van der Waals surface area contributed by atoms with E-state index in [4.69, 9.17) is 4.74 Å². The van der Waals surface area contributed by atoms with Crippen molar-refractivity contribution in [2.75, 3.05) is 6.61 Å². The van der Waals surface area contributed by atoms with Crippen molar-refractivity contribution in [1.82, 2.24) is 0 Å². The fraction of sp³-hybridized carbons (Fsp3) is 0.727. The Bertz CT molecular complexity index is 236. The molecule has 1 atom stereocenters. The molecule has 2 aliphatic rings. The molecule has 2 aliphatic heterocycles. The largest absolute Gasteiger partial charge is 0.427 e. The first-order chi connectivity index (χ1) is 6.69. The fourth-order valence-electron chi connectivity index (χ4n) is 1.28. The van der Waals surface area contributed by atoms with Crippen molar-refractivity contribution in [3.05, 3.63) is 11.3 Å². The van der Waals surface area contributed by atoms with E-state index in [0.717, 1.165) is 24.4 Å². The Morgan fingerprint density at radius 2 is 2.07 bits per heavy atom. The molecular weight excluding hydrogens is 180 g/mol. The number of esters is 1. The molecule has 0 N–H and O–H groups in total. The summed E-state index contributed by atoms with van der Waals surface area (Å²) in [7, 11) is 0. The van der Waals surface area contributed by atoms with Gasteiger partial charge in [0.15, 0.2) is 0 Å². The lowest BCUT2D eigenvalue weighted by molar-refractivity contribution is -0.140. The van der Waals surface area contributed by atoms with E-state index in [9.17, 15) is 4.79 Å². The molecule has 80 valence electrons. The van der Waals surface area contributed by atoms with Crippen LogP contribution < -0.4 is 0 Å². The molecule has 2 rings (SSSR count). The van der Waals surface area contributed by atoms with Crippen molar-refractivity contribution >= 4 is 5.97 Å². The summed E-state index contributed by atoms with van der Waals surface area (Å²) in [6.45, 7) is 6.90. The maximum Gasteiger partial charge on any atom is 0.342 e. The summed E-state index contributed by atoms with van der Waals surface area (Å²) in [6.07, 6.45) is 3.93. The number of hydrogen-bond acceptors (Lipinski definition) is 3. The average molecular weight is 198 g/mol. The summed E-state index contributed by atoms with van der Waals surface area (Å²) >= 11 is 0. The second kappa shape index (κ2) is 5.15. The lowest BCUT2D eigenvalue weighted by atomic mass is 10.1. The van der Waals surface area contributed by atoms with Crippen molar-refractivity contribution in [1.29, 1.82) is 0 Å². The third kappa shape index (κ3) is 2.58. The second-order valence-electron chi connectivity index (χ2n) is 3.48. The van der Waals surface area contributed by atoms with Crippen LogP contribution in [0, 0.1) is 0 Å². The zero-order chi connectivity index (χ0) is 10.6. The van der Waals surface area contributed by atoms with Gasteiger partial charge in [0.05, 0.1) is 11.7 Å². The van der Waals surface area contributed by atoms with Crippen LogP contribution in [0.4, 0.5) is 0 Å². The SMILES string of the molecule is CCC1=C(C)C(=O)O1.CCC1CCO1. The highest BCUT2D eigenvalue weighted by Gasteiger charge is 2.23. The average Bonchev–Trinajstić information content (AvgIpc) is 2.12. The van der Waals surface area contributed by atoms with E-state index in [1.807, 2.05) is 6.92 Å². The van der Waals surface area contributed by atoms with Crippen LogP contribution in [0.3, 0.4) is 0 Å². The lowest BCUT2D eigenvalue weighted by Crippen LogP contribution is -2.25. The highest BCUT2D eigenvalue weighted by Crippen LogP contribution is 2.21. The van der Waals surface area contributed by atoms with E-state index < -0.39 is 0 Å². The van der Waals surface area contributed by atoms with Gasteiger partial charge in [0.1, 0.15) is 5.76 Å². The quantitative estimate of drug-likeness (QED) is 0.639. The Labute approximate surface area is 85.1 Å². The van der Waals surface area contributed by atoms with Crippen molar-refractivity contribution in [2.45, 2.75) is 46.1 Å². The van der Waals surface area contributed by atoms with Gasteiger partial charge in [-0.05, 0) is 19.8 Å². The molecule has 0 aromatic rings. The van der Waals surface area contributed by atoms with Crippen LogP contribution in [0.25, 0.3) is 0 Å². The zero-order valence-electron chi connectivity index (χ0n) is 9.13. The third-order valence-electron chi connectivity index (χ3n) is 2.51. The van der Waals surface area contributed by atoms with Crippen LogP contribution in [0.15, 0.2) is 11.3 Å². The Balaban J connectivity index is 0.000000146. The van der Waals surface area contributed by atoms with Gasteiger partial charge in [0, 0.05) is 13.0 Å². The smallest absolute Gasteiger partial charge is 0.342 e. The van der Waals surface area contributed by atoms with Gasteiger partial charge in [-0.2, -0.15) is 0 Å². The number of carbonyl (C=O) groups is 1. The predicted molar refractivity (Wildman–Crippen MR) is 53.7 cm³/mol. The van der Waals surface area contributed by atoms with E-state index in [0.29, 0.717) is 6.10 Å². The normalized spacial score (nSPS) is 24.2. The van der Waals surface area contributed by atoms with E-state index in [-0.39, 0.29) is 5.97 Å². The molecule has 0 aromatic heterocycles. The van der Waals surface area contributed by atoms with E-state index in [1.54, 1.807) is 6.92 Å². The fourth-order valence-corrected chi connectivity index (χ4v) is 1.28. The maximum absolute atomic E-state index is 10.3. The summed E-state index contributed by atoms with van der Waals surface area (Å²) in [4.78, 5) is 10.3. The minimum Gasteiger partial charge on any atom is -0.427 e. The summed E-state index contributed by atoms with van der Waals surface area (Å²) in [5.74, 6) is 0.678. The van der Waals surface area contributed by atoms with Crippen LogP contribution in [-0.2, 0) is 14.3 Å². The van der Waals surface area contributed by atoms with Crippen LogP contribution >= 0.6 is 0 Å². The Morgan fingerprint density at radius 3 is 2.14 bits per heavy atom. The Kier molecular flexibility index (Phi) is 4.14. The molecule has 3 nitrogen and oxygen atoms in total. The standard InChI is InChI=1S/C6H8O2.C5H10O/c1-3-5-4(2)6(7)8-5;1-2-5-3-4-6-5/h3H2,1-2H3;5H,2-4H2,1H3. The van der Waals surface area contributed by atoms with Crippen molar-refractivity contribution < 1.29 is 14.3 Å². The molecule has 14 heavy (non-hydrogen) atoms. The van der Waals surface area contributed by atoms with Gasteiger partial charge in [-0.1, -0.05) is 13.8 Å². The highest BCUT2D eigenvalue weighted by molar-refractivity contribution is 5.94. The minimum atomic E-state index is -0.165. The molecule has 1 fully saturated rings. The van der Waals surface area contributed by atoms with E-state index in [2.05, 4.69) is 11.7 Å². The van der Waals surface area contributed by atoms with Crippen LogP contribution in [-0.4, -0.2) is 18.7 Å². The predicted octanol–water partition coefficient (Wildman–Crippen LogP) is 2.41. The molecule has 1 saturated heterocycles. The summed E-state index contributed by atoms with van der Waals surface area (Å²) in [6, 6.07) is 0. The first kappa shape index (κ1) is 11.2. The maximum atomic E-state index is 10.3. The molecular formula is C11H18O3. The molecule has 0 amide bonds. The zero-order valence-corrected chi connectivity index (χ0v) is 9.13. The van der Waals surface area contributed by atoms with Crippen molar-refractivity contribution in [2.24, 2.45) is 0 Å². The second-order valence-corrected chi connectivity index (χ2v) is 3.48. The van der Waals surface area contributed by atoms with Gasteiger partial charge in [-0.25, -0.2) is 4.79 Å². The molecule has 0 aliphatic carbocycles. The van der Waals surface area contributed by atoms with Crippen LogP contribution in [0.1, 0.15) is 40.0 Å². The number of hydrogen-bond donors (Lipinski definition) is 0. The van der Waals surface area contributed by atoms with Gasteiger partial charge in [0.2, 0.25) is 0 Å². The Hall–Kier alpha value is -0.830. The van der Waals surface area contributed by atoms with E-state index >= 15 is 0 Å². The number of ether oxygens (including phenoxy) is 2. The first-order valence-corrected chi connectivity index (χ1v) is 5.22. The van der Waals surface area contributed by atoms with Crippen LogP contribution in [0.2, 0.25) is 0 Å². The molecule has 3 heteroatoms. The highest BCUT2D eigenvalue weighted by atomic mass is 16.6. The lowest BCUT2D eigenvalue weighted by Gasteiger charge is -2.24. The monoisotopic (exact) mass is 198 g/mol. The van der Waals surface area contributed by atoms with Gasteiger partial charge < -0.3 is 9.47 Å².